The van der Waals surface area contributed by atoms with Gasteiger partial charge in [-0.2, -0.15) is 0 Å². The molecule has 0 spiro atoms. The van der Waals surface area contributed by atoms with E-state index < -0.39 is 11.9 Å². The lowest BCUT2D eigenvalue weighted by molar-refractivity contribution is -0.141. The van der Waals surface area contributed by atoms with E-state index in [-0.39, 0.29) is 23.9 Å². The number of hydrogen-bond donors (Lipinski definition) is 1. The van der Waals surface area contributed by atoms with Gasteiger partial charge in [-0.3, -0.25) is 14.4 Å². The molecule has 28 heavy (non-hydrogen) atoms. The van der Waals surface area contributed by atoms with Crippen LogP contribution in [0.4, 0.5) is 0 Å². The maximum Gasteiger partial charge on any atom is 0.308 e. The molecule has 0 saturated carbocycles. The summed E-state index contributed by atoms with van der Waals surface area (Å²) in [6.07, 6.45) is 1.42. The number of aromatic nitrogens is 2. The molecule has 7 heteroatoms. The number of nitrogens with zero attached hydrogens (tertiary/aromatic N) is 3. The van der Waals surface area contributed by atoms with Crippen molar-refractivity contribution in [3.05, 3.63) is 76.3 Å². The van der Waals surface area contributed by atoms with Gasteiger partial charge >= 0.3 is 5.97 Å². The first-order valence-corrected chi connectivity index (χ1v) is 8.98. The summed E-state index contributed by atoms with van der Waals surface area (Å²) in [5, 5.41) is 10.1. The monoisotopic (exact) mass is 377 g/mol. The largest absolute Gasteiger partial charge is 0.481 e. The molecule has 2 atom stereocenters. The second kappa shape index (κ2) is 6.92. The van der Waals surface area contributed by atoms with Crippen LogP contribution in [0.5, 0.6) is 0 Å². The third-order valence-corrected chi connectivity index (χ3v) is 5.32. The van der Waals surface area contributed by atoms with E-state index in [1.165, 1.54) is 10.9 Å². The van der Waals surface area contributed by atoms with Gasteiger partial charge in [0.05, 0.1) is 23.1 Å². The highest BCUT2D eigenvalue weighted by Crippen LogP contribution is 2.33. The van der Waals surface area contributed by atoms with Gasteiger partial charge in [0.25, 0.3) is 11.5 Å². The van der Waals surface area contributed by atoms with E-state index in [2.05, 4.69) is 4.98 Å². The minimum atomic E-state index is -0.909. The summed E-state index contributed by atoms with van der Waals surface area (Å²) in [6, 6.07) is 14.2. The lowest BCUT2D eigenvalue weighted by Gasteiger charge is -2.17. The number of amides is 1. The minimum absolute atomic E-state index is 0.149. The number of likely N-dealkylation sites (tertiary alicyclic amines) is 1. The molecule has 0 bridgehead atoms. The number of carboxylic acids is 1. The molecule has 142 valence electrons. The van der Waals surface area contributed by atoms with Crippen molar-refractivity contribution in [3.8, 4) is 0 Å². The molecule has 0 unspecified atom stereocenters. The number of aryl methyl sites for hydroxylation is 1. The second-order valence-corrected chi connectivity index (χ2v) is 7.06. The normalized spacial score (nSPS) is 19.1. The zero-order chi connectivity index (χ0) is 19.8. The van der Waals surface area contributed by atoms with Crippen LogP contribution in [-0.4, -0.2) is 44.5 Å². The molecule has 2 heterocycles. The molecule has 0 radical (unpaired) electrons. The van der Waals surface area contributed by atoms with Crippen LogP contribution in [0.25, 0.3) is 10.9 Å². The summed E-state index contributed by atoms with van der Waals surface area (Å²) < 4.78 is 1.38. The number of carbonyl (C=O) groups excluding carboxylic acids is 1. The van der Waals surface area contributed by atoms with Gasteiger partial charge in [0.15, 0.2) is 0 Å². The van der Waals surface area contributed by atoms with Crippen LogP contribution in [0, 0.1) is 5.92 Å². The van der Waals surface area contributed by atoms with Crippen molar-refractivity contribution in [2.24, 2.45) is 13.0 Å². The maximum absolute atomic E-state index is 13.0. The Morgan fingerprint density at radius 2 is 1.86 bits per heavy atom. The molecule has 1 saturated heterocycles. The smallest absolute Gasteiger partial charge is 0.308 e. The first-order chi connectivity index (χ1) is 13.5. The van der Waals surface area contributed by atoms with Crippen molar-refractivity contribution in [3.63, 3.8) is 0 Å². The number of rotatable bonds is 3. The van der Waals surface area contributed by atoms with E-state index in [0.29, 0.717) is 23.0 Å². The van der Waals surface area contributed by atoms with Gasteiger partial charge in [0.1, 0.15) is 0 Å². The number of benzene rings is 2. The minimum Gasteiger partial charge on any atom is -0.481 e. The summed E-state index contributed by atoms with van der Waals surface area (Å²) in [5.74, 6) is -2.08. The zero-order valence-corrected chi connectivity index (χ0v) is 15.3. The molecule has 1 aromatic heterocycles. The van der Waals surface area contributed by atoms with Gasteiger partial charge in [-0.15, -0.1) is 0 Å². The molecule has 7 nitrogen and oxygen atoms in total. The molecule has 1 aliphatic rings. The van der Waals surface area contributed by atoms with Crippen LogP contribution in [-0.2, 0) is 11.8 Å². The molecule has 3 aromatic rings. The van der Waals surface area contributed by atoms with E-state index in [0.717, 1.165) is 5.56 Å². The third-order valence-electron chi connectivity index (χ3n) is 5.32. The SMILES string of the molecule is Cn1cnc2cc(C(=O)N3C[C@H](C(=O)O)[C@@H](c4ccccc4)C3)ccc2c1=O. The zero-order valence-electron chi connectivity index (χ0n) is 15.3. The van der Waals surface area contributed by atoms with Crippen molar-refractivity contribution in [2.45, 2.75) is 5.92 Å². The summed E-state index contributed by atoms with van der Waals surface area (Å²) in [4.78, 5) is 42.7. The molecule has 1 amide bonds. The van der Waals surface area contributed by atoms with E-state index in [1.807, 2.05) is 30.3 Å². The van der Waals surface area contributed by atoms with Crippen molar-refractivity contribution in [2.75, 3.05) is 13.1 Å². The van der Waals surface area contributed by atoms with Gasteiger partial charge in [-0.25, -0.2) is 4.98 Å². The third kappa shape index (κ3) is 3.05. The van der Waals surface area contributed by atoms with Crippen LogP contribution in [0.3, 0.4) is 0 Å². The molecule has 0 aliphatic carbocycles. The number of hydrogen-bond acceptors (Lipinski definition) is 4. The van der Waals surface area contributed by atoms with Crippen molar-refractivity contribution < 1.29 is 14.7 Å². The van der Waals surface area contributed by atoms with Crippen molar-refractivity contribution in [1.82, 2.24) is 14.5 Å². The number of aliphatic carboxylic acids is 1. The summed E-state index contributed by atoms with van der Waals surface area (Å²) in [7, 11) is 1.62. The average molecular weight is 377 g/mol. The number of carboxylic acid groups (broad SMARTS) is 1. The first kappa shape index (κ1) is 17.9. The Kier molecular flexibility index (Phi) is 4.43. The highest BCUT2D eigenvalue weighted by molar-refractivity contribution is 5.98. The van der Waals surface area contributed by atoms with Crippen LogP contribution in [0.15, 0.2) is 59.7 Å². The fraction of sp³-hybridized carbons (Fsp3) is 0.238. The Morgan fingerprint density at radius 1 is 1.11 bits per heavy atom. The highest BCUT2D eigenvalue weighted by Gasteiger charge is 2.40. The van der Waals surface area contributed by atoms with Crippen LogP contribution >= 0.6 is 0 Å². The van der Waals surface area contributed by atoms with Gasteiger partial charge in [-0.05, 0) is 23.8 Å². The van der Waals surface area contributed by atoms with Crippen molar-refractivity contribution >= 4 is 22.8 Å². The average Bonchev–Trinajstić information content (AvgIpc) is 3.16. The Morgan fingerprint density at radius 3 is 2.57 bits per heavy atom. The Hall–Kier alpha value is -3.48. The first-order valence-electron chi connectivity index (χ1n) is 8.98. The summed E-state index contributed by atoms with van der Waals surface area (Å²) in [5.41, 5.74) is 1.57. The lowest BCUT2D eigenvalue weighted by Crippen LogP contribution is -2.30. The molecule has 1 fully saturated rings. The molecule has 2 aromatic carbocycles. The van der Waals surface area contributed by atoms with Crippen LogP contribution < -0.4 is 5.56 Å². The second-order valence-electron chi connectivity index (χ2n) is 7.06. The summed E-state index contributed by atoms with van der Waals surface area (Å²) >= 11 is 0. The number of carbonyl (C=O) groups is 2. The molecular formula is C21H19N3O4. The Balaban J connectivity index is 1.65. The van der Waals surface area contributed by atoms with E-state index in [1.54, 1.807) is 30.1 Å². The predicted octanol–water partition coefficient (Wildman–Crippen LogP) is 1.87. The van der Waals surface area contributed by atoms with Crippen LogP contribution in [0.2, 0.25) is 0 Å². The van der Waals surface area contributed by atoms with Gasteiger partial charge in [0, 0.05) is 31.6 Å². The number of fused-ring (bicyclic) bond motifs is 1. The molecule has 4 rings (SSSR count). The Labute approximate surface area is 160 Å². The lowest BCUT2D eigenvalue weighted by atomic mass is 9.89. The Bertz CT molecular complexity index is 1120. The van der Waals surface area contributed by atoms with Gasteiger partial charge in [-0.1, -0.05) is 30.3 Å². The quantitative estimate of drug-likeness (QED) is 0.752. The molecule has 1 N–H and O–H groups in total. The maximum atomic E-state index is 13.0. The topological polar surface area (TPSA) is 92.5 Å². The molecule has 1 aliphatic heterocycles. The van der Waals surface area contributed by atoms with E-state index >= 15 is 0 Å². The van der Waals surface area contributed by atoms with Crippen LogP contribution in [0.1, 0.15) is 21.8 Å². The van der Waals surface area contributed by atoms with E-state index in [4.69, 9.17) is 0 Å². The van der Waals surface area contributed by atoms with Gasteiger partial charge < -0.3 is 14.6 Å². The van der Waals surface area contributed by atoms with Crippen molar-refractivity contribution in [1.29, 1.82) is 0 Å². The van der Waals surface area contributed by atoms with E-state index in [9.17, 15) is 19.5 Å². The van der Waals surface area contributed by atoms with Gasteiger partial charge in [0.2, 0.25) is 0 Å². The predicted molar refractivity (Wildman–Crippen MR) is 103 cm³/mol. The summed E-state index contributed by atoms with van der Waals surface area (Å²) in [6.45, 7) is 0.484. The standard InChI is InChI=1S/C21H19N3O4/c1-23-12-22-18-9-14(7-8-15(18)20(23)26)19(25)24-10-16(17(11-24)21(27)28)13-5-3-2-4-6-13/h2-9,12,16-17H,10-11H2,1H3,(H,27,28)/t16-,17+/m1/s1. The molecular weight excluding hydrogens is 358 g/mol. The fourth-order valence-electron chi connectivity index (χ4n) is 3.78. The highest BCUT2D eigenvalue weighted by atomic mass is 16.4. The fourth-order valence-corrected chi connectivity index (χ4v) is 3.78.